The molecule has 10 rings (SSSR count). The monoisotopic (exact) mass is 679 g/mol. The predicted octanol–water partition coefficient (Wildman–Crippen LogP) is 14.8. The third kappa shape index (κ3) is 5.33. The highest BCUT2D eigenvalue weighted by Crippen LogP contribution is 2.44. The van der Waals surface area contributed by atoms with E-state index >= 15 is 0 Å². The van der Waals surface area contributed by atoms with Crippen LogP contribution in [0.25, 0.3) is 75.1 Å². The molecule has 9 aromatic carbocycles. The molecule has 0 aliphatic heterocycles. The second kappa shape index (κ2) is 12.7. The molecule has 1 heterocycles. The zero-order valence-electron chi connectivity index (χ0n) is 28.4. The Kier molecular flexibility index (Phi) is 7.41. The Morgan fingerprint density at radius 3 is 1.37 bits per heavy atom. The molecule has 0 aliphatic carbocycles. The first-order valence-electron chi connectivity index (χ1n) is 17.8. The fourth-order valence-electron chi connectivity index (χ4n) is 7.63. The summed E-state index contributed by atoms with van der Waals surface area (Å²) in [6.07, 6.45) is 0. The molecule has 0 bridgehead atoms. The van der Waals surface area contributed by atoms with E-state index in [1.54, 1.807) is 0 Å². The van der Waals surface area contributed by atoms with Gasteiger partial charge >= 0.3 is 0 Å². The average Bonchev–Trinajstić information content (AvgIpc) is 3.68. The summed E-state index contributed by atoms with van der Waals surface area (Å²) in [4.78, 5) is 3.64. The number of hydrogen-bond acceptors (Lipinski definition) is 2. The van der Waals surface area contributed by atoms with Gasteiger partial charge in [0.25, 0.3) is 0 Å². The molecule has 52 heavy (non-hydrogen) atoms. The van der Waals surface area contributed by atoms with E-state index in [1.807, 2.05) is 11.3 Å². The Morgan fingerprint density at radius 2 is 0.731 bits per heavy atom. The minimum Gasteiger partial charge on any atom is -0.311 e. The summed E-state index contributed by atoms with van der Waals surface area (Å²) in [6, 6.07) is 72.8. The van der Waals surface area contributed by atoms with Crippen LogP contribution in [0.2, 0.25) is 0 Å². The normalized spacial score (nSPS) is 11.5. The number of thiophene rings is 1. The lowest BCUT2D eigenvalue weighted by molar-refractivity contribution is 1.28. The Bertz CT molecular complexity index is 2800. The number of hydrogen-bond donors (Lipinski definition) is 0. The molecule has 0 saturated heterocycles. The molecule has 0 atom stereocenters. The van der Waals surface area contributed by atoms with E-state index < -0.39 is 0 Å². The standard InChI is InChI=1S/C50H33NS/c1-2-10-34(11-3-1)36-20-26-41(27-21-36)51(42-28-22-37(23-29-42)40-19-18-35-12-4-5-13-39(35)32-40)43-30-24-38(25-31-43)49-33-48-46-16-7-6-14-44(46)45-15-8-9-17-47(45)50(48)52-49/h1-33H. The maximum absolute atomic E-state index is 2.38. The summed E-state index contributed by atoms with van der Waals surface area (Å²) in [5.74, 6) is 0. The Morgan fingerprint density at radius 1 is 0.288 bits per heavy atom. The van der Waals surface area contributed by atoms with Crippen molar-refractivity contribution >= 4 is 70.8 Å². The molecule has 0 fully saturated rings. The molecule has 0 saturated carbocycles. The molecule has 0 spiro atoms. The zero-order valence-corrected chi connectivity index (χ0v) is 29.2. The lowest BCUT2D eigenvalue weighted by atomic mass is 9.98. The van der Waals surface area contributed by atoms with Gasteiger partial charge in [-0.1, -0.05) is 152 Å². The van der Waals surface area contributed by atoms with E-state index in [0.717, 1.165) is 17.1 Å². The van der Waals surface area contributed by atoms with Crippen LogP contribution in [0.5, 0.6) is 0 Å². The fraction of sp³-hybridized carbons (Fsp3) is 0. The van der Waals surface area contributed by atoms with Gasteiger partial charge in [0.05, 0.1) is 0 Å². The van der Waals surface area contributed by atoms with Crippen molar-refractivity contribution in [2.45, 2.75) is 0 Å². The van der Waals surface area contributed by atoms with Gasteiger partial charge in [-0.15, -0.1) is 11.3 Å². The topological polar surface area (TPSA) is 3.24 Å². The van der Waals surface area contributed by atoms with Crippen molar-refractivity contribution < 1.29 is 0 Å². The number of anilines is 3. The first-order chi connectivity index (χ1) is 25.8. The summed E-state index contributed by atoms with van der Waals surface area (Å²) in [5.41, 5.74) is 9.42. The van der Waals surface area contributed by atoms with Gasteiger partial charge in [-0.05, 0) is 103 Å². The molecule has 0 amide bonds. The lowest BCUT2D eigenvalue weighted by Crippen LogP contribution is -2.09. The van der Waals surface area contributed by atoms with E-state index in [9.17, 15) is 0 Å². The van der Waals surface area contributed by atoms with Crippen LogP contribution >= 0.6 is 11.3 Å². The number of fused-ring (bicyclic) bond motifs is 7. The largest absolute Gasteiger partial charge is 0.311 e. The minimum atomic E-state index is 1.12. The maximum atomic E-state index is 2.38. The van der Waals surface area contributed by atoms with Crippen molar-refractivity contribution in [2.24, 2.45) is 0 Å². The molecule has 1 aromatic heterocycles. The van der Waals surface area contributed by atoms with Crippen LogP contribution in [0, 0.1) is 0 Å². The van der Waals surface area contributed by atoms with Crippen molar-refractivity contribution in [1.82, 2.24) is 0 Å². The second-order valence-corrected chi connectivity index (χ2v) is 14.4. The molecular weight excluding hydrogens is 647 g/mol. The highest BCUT2D eigenvalue weighted by Gasteiger charge is 2.16. The van der Waals surface area contributed by atoms with Crippen LogP contribution in [0.3, 0.4) is 0 Å². The minimum absolute atomic E-state index is 1.12. The third-order valence-electron chi connectivity index (χ3n) is 10.3. The maximum Gasteiger partial charge on any atom is 0.0462 e. The Balaban J connectivity index is 1.05. The molecule has 0 radical (unpaired) electrons. The molecule has 0 aliphatic rings. The Hall–Kier alpha value is -6.48. The summed E-state index contributed by atoms with van der Waals surface area (Å²) >= 11 is 1.89. The van der Waals surface area contributed by atoms with Crippen LogP contribution in [0.15, 0.2) is 200 Å². The van der Waals surface area contributed by atoms with E-state index in [4.69, 9.17) is 0 Å². The molecule has 1 nitrogen and oxygen atoms in total. The SMILES string of the molecule is c1ccc(-c2ccc(N(c3ccc(-c4ccc5ccccc5c4)cc3)c3ccc(-c4cc5c6ccccc6c6ccccc6c5s4)cc3)cc2)cc1. The van der Waals surface area contributed by atoms with E-state index in [-0.39, 0.29) is 0 Å². The fourth-order valence-corrected chi connectivity index (χ4v) is 8.85. The molecule has 0 unspecified atom stereocenters. The van der Waals surface area contributed by atoms with Crippen LogP contribution in [0.1, 0.15) is 0 Å². The predicted molar refractivity (Wildman–Crippen MR) is 225 cm³/mol. The molecule has 2 heteroatoms. The Labute approximate surface area is 307 Å². The summed E-state index contributed by atoms with van der Waals surface area (Å²) in [7, 11) is 0. The lowest BCUT2D eigenvalue weighted by Gasteiger charge is -2.26. The molecule has 244 valence electrons. The van der Waals surface area contributed by atoms with Gasteiger partial charge in [0.2, 0.25) is 0 Å². The summed E-state index contributed by atoms with van der Waals surface area (Å²) in [6.45, 7) is 0. The summed E-state index contributed by atoms with van der Waals surface area (Å²) in [5, 5.41) is 9.10. The van der Waals surface area contributed by atoms with Gasteiger partial charge in [0.1, 0.15) is 0 Å². The summed E-state index contributed by atoms with van der Waals surface area (Å²) < 4.78 is 1.35. The van der Waals surface area contributed by atoms with E-state index in [2.05, 4.69) is 205 Å². The average molecular weight is 680 g/mol. The number of nitrogens with zero attached hydrogens (tertiary/aromatic N) is 1. The smallest absolute Gasteiger partial charge is 0.0462 e. The molecule has 10 aromatic rings. The van der Waals surface area contributed by atoms with E-state index in [0.29, 0.717) is 0 Å². The zero-order chi connectivity index (χ0) is 34.4. The quantitative estimate of drug-likeness (QED) is 0.158. The van der Waals surface area contributed by atoms with Crippen molar-refractivity contribution in [3.05, 3.63) is 200 Å². The van der Waals surface area contributed by atoms with E-state index in [1.165, 1.54) is 75.1 Å². The van der Waals surface area contributed by atoms with Gasteiger partial charge in [-0.25, -0.2) is 0 Å². The van der Waals surface area contributed by atoms with Gasteiger partial charge in [-0.2, -0.15) is 0 Å². The number of rotatable bonds is 6. The molecule has 0 N–H and O–H groups in total. The van der Waals surface area contributed by atoms with Gasteiger partial charge < -0.3 is 4.90 Å². The molecular formula is C50H33NS. The number of benzene rings is 9. The van der Waals surface area contributed by atoms with Crippen molar-refractivity contribution in [3.63, 3.8) is 0 Å². The highest BCUT2D eigenvalue weighted by atomic mass is 32.1. The van der Waals surface area contributed by atoms with Crippen LogP contribution in [0.4, 0.5) is 17.1 Å². The van der Waals surface area contributed by atoms with Crippen molar-refractivity contribution in [3.8, 4) is 32.7 Å². The van der Waals surface area contributed by atoms with Crippen LogP contribution in [-0.2, 0) is 0 Å². The van der Waals surface area contributed by atoms with Crippen molar-refractivity contribution in [1.29, 1.82) is 0 Å². The van der Waals surface area contributed by atoms with Crippen LogP contribution < -0.4 is 4.90 Å². The van der Waals surface area contributed by atoms with Gasteiger partial charge in [0.15, 0.2) is 0 Å². The van der Waals surface area contributed by atoms with Crippen molar-refractivity contribution in [2.75, 3.05) is 4.90 Å². The van der Waals surface area contributed by atoms with Crippen LogP contribution in [-0.4, -0.2) is 0 Å². The van der Waals surface area contributed by atoms with Gasteiger partial charge in [-0.3, -0.25) is 0 Å². The third-order valence-corrected chi connectivity index (χ3v) is 11.5. The first-order valence-corrected chi connectivity index (χ1v) is 18.6. The second-order valence-electron chi connectivity index (χ2n) is 13.3. The highest BCUT2D eigenvalue weighted by molar-refractivity contribution is 7.23. The first kappa shape index (κ1) is 30.4. The van der Waals surface area contributed by atoms with Gasteiger partial charge in [0, 0.05) is 37.4 Å².